The summed E-state index contributed by atoms with van der Waals surface area (Å²) in [7, 11) is 0. The maximum absolute atomic E-state index is 3.50. The van der Waals surface area contributed by atoms with Gasteiger partial charge >= 0.3 is 0 Å². The second-order valence-corrected chi connectivity index (χ2v) is 4.40. The van der Waals surface area contributed by atoms with E-state index >= 15 is 0 Å². The van der Waals surface area contributed by atoms with E-state index in [9.17, 15) is 0 Å². The maximum Gasteiger partial charge on any atom is -0.00180 e. The number of rotatable bonds is 6. The molecule has 1 aliphatic rings. The number of unbranched alkanes of at least 4 members (excludes halogenated alkanes) is 1. The molecule has 1 fully saturated rings. The van der Waals surface area contributed by atoms with Gasteiger partial charge in [0.2, 0.25) is 0 Å². The Labute approximate surface area is 83.3 Å². The monoisotopic (exact) mass is 183 g/mol. The zero-order valence-corrected chi connectivity index (χ0v) is 9.31. The Kier molecular flexibility index (Phi) is 5.45. The fourth-order valence-corrected chi connectivity index (χ4v) is 2.56. The molecule has 0 bridgehead atoms. The van der Waals surface area contributed by atoms with E-state index in [4.69, 9.17) is 0 Å². The molecule has 0 aromatic carbocycles. The standard InChI is InChI=1S/C12H25N/c1-3-5-7-11-8-6-9-12(11)10-13-4-2/h11-13H,3-10H2,1-2H3. The molecule has 1 heteroatoms. The van der Waals surface area contributed by atoms with E-state index in [1.54, 1.807) is 0 Å². The van der Waals surface area contributed by atoms with Crippen LogP contribution in [0.1, 0.15) is 52.4 Å². The van der Waals surface area contributed by atoms with Crippen LogP contribution < -0.4 is 5.32 Å². The third-order valence-electron chi connectivity index (χ3n) is 3.40. The minimum absolute atomic E-state index is 0.992. The largest absolute Gasteiger partial charge is 0.317 e. The summed E-state index contributed by atoms with van der Waals surface area (Å²) in [4.78, 5) is 0. The van der Waals surface area contributed by atoms with Crippen molar-refractivity contribution in [1.29, 1.82) is 0 Å². The Morgan fingerprint density at radius 2 is 1.92 bits per heavy atom. The molecule has 0 amide bonds. The SMILES string of the molecule is CCCCC1CCCC1CNCC. The van der Waals surface area contributed by atoms with Gasteiger partial charge in [-0.1, -0.05) is 46.0 Å². The van der Waals surface area contributed by atoms with E-state index in [0.717, 1.165) is 18.4 Å². The summed E-state index contributed by atoms with van der Waals surface area (Å²) in [5.74, 6) is 2.03. The number of hydrogen-bond donors (Lipinski definition) is 1. The molecule has 0 heterocycles. The van der Waals surface area contributed by atoms with Crippen LogP contribution in [0.25, 0.3) is 0 Å². The van der Waals surface area contributed by atoms with Crippen LogP contribution in [0.5, 0.6) is 0 Å². The van der Waals surface area contributed by atoms with Crippen LogP contribution >= 0.6 is 0 Å². The van der Waals surface area contributed by atoms with E-state index < -0.39 is 0 Å². The molecular formula is C12H25N. The van der Waals surface area contributed by atoms with Crippen LogP contribution in [0.2, 0.25) is 0 Å². The topological polar surface area (TPSA) is 12.0 Å². The lowest BCUT2D eigenvalue weighted by Crippen LogP contribution is -2.24. The first-order valence-electron chi connectivity index (χ1n) is 6.09. The van der Waals surface area contributed by atoms with Gasteiger partial charge in [0, 0.05) is 0 Å². The molecule has 1 nitrogen and oxygen atoms in total. The molecule has 0 radical (unpaired) electrons. The second kappa shape index (κ2) is 6.42. The first-order valence-corrected chi connectivity index (χ1v) is 6.09. The third kappa shape index (κ3) is 3.68. The summed E-state index contributed by atoms with van der Waals surface area (Å²) in [6.45, 7) is 6.91. The first kappa shape index (κ1) is 11.0. The van der Waals surface area contributed by atoms with Gasteiger partial charge in [0.25, 0.3) is 0 Å². The smallest absolute Gasteiger partial charge is 0.00180 e. The lowest BCUT2D eigenvalue weighted by Gasteiger charge is -2.19. The molecule has 1 rings (SSSR count). The van der Waals surface area contributed by atoms with Crippen molar-refractivity contribution in [3.05, 3.63) is 0 Å². The normalized spacial score (nSPS) is 28.2. The van der Waals surface area contributed by atoms with Crippen molar-refractivity contribution in [3.8, 4) is 0 Å². The van der Waals surface area contributed by atoms with Crippen molar-refractivity contribution in [2.24, 2.45) is 11.8 Å². The van der Waals surface area contributed by atoms with E-state index in [-0.39, 0.29) is 0 Å². The highest BCUT2D eigenvalue weighted by atomic mass is 14.8. The van der Waals surface area contributed by atoms with Gasteiger partial charge in [-0.25, -0.2) is 0 Å². The molecule has 1 N–H and O–H groups in total. The first-order chi connectivity index (χ1) is 6.38. The van der Waals surface area contributed by atoms with Gasteiger partial charge in [-0.3, -0.25) is 0 Å². The molecular weight excluding hydrogens is 158 g/mol. The maximum atomic E-state index is 3.50. The lowest BCUT2D eigenvalue weighted by molar-refractivity contribution is 0.342. The van der Waals surface area contributed by atoms with Gasteiger partial charge in [0.15, 0.2) is 0 Å². The molecule has 2 unspecified atom stereocenters. The molecule has 0 aromatic rings. The van der Waals surface area contributed by atoms with Crippen LogP contribution in [0.4, 0.5) is 0 Å². The van der Waals surface area contributed by atoms with Crippen molar-refractivity contribution in [1.82, 2.24) is 5.32 Å². The molecule has 78 valence electrons. The zero-order valence-electron chi connectivity index (χ0n) is 9.31. The summed E-state index contributed by atoms with van der Waals surface area (Å²) in [5, 5.41) is 3.50. The Morgan fingerprint density at radius 3 is 2.62 bits per heavy atom. The molecule has 1 aliphatic carbocycles. The van der Waals surface area contributed by atoms with Crippen LogP contribution in [-0.2, 0) is 0 Å². The van der Waals surface area contributed by atoms with E-state index in [1.807, 2.05) is 0 Å². The Morgan fingerprint density at radius 1 is 1.15 bits per heavy atom. The van der Waals surface area contributed by atoms with Crippen LogP contribution in [0.3, 0.4) is 0 Å². The Balaban J connectivity index is 2.18. The fraction of sp³-hybridized carbons (Fsp3) is 1.00. The predicted molar refractivity (Wildman–Crippen MR) is 58.9 cm³/mol. The highest BCUT2D eigenvalue weighted by Gasteiger charge is 2.25. The summed E-state index contributed by atoms with van der Waals surface area (Å²) >= 11 is 0. The summed E-state index contributed by atoms with van der Waals surface area (Å²) in [6.07, 6.45) is 8.73. The van der Waals surface area contributed by atoms with Crippen molar-refractivity contribution in [3.63, 3.8) is 0 Å². The zero-order chi connectivity index (χ0) is 9.52. The van der Waals surface area contributed by atoms with E-state index in [2.05, 4.69) is 19.2 Å². The van der Waals surface area contributed by atoms with Gasteiger partial charge in [-0.2, -0.15) is 0 Å². The lowest BCUT2D eigenvalue weighted by atomic mass is 9.91. The van der Waals surface area contributed by atoms with Gasteiger partial charge in [-0.15, -0.1) is 0 Å². The van der Waals surface area contributed by atoms with E-state index in [1.165, 1.54) is 45.1 Å². The van der Waals surface area contributed by atoms with Crippen molar-refractivity contribution in [2.45, 2.75) is 52.4 Å². The Hall–Kier alpha value is -0.0400. The molecule has 13 heavy (non-hydrogen) atoms. The van der Waals surface area contributed by atoms with Crippen molar-refractivity contribution >= 4 is 0 Å². The number of hydrogen-bond acceptors (Lipinski definition) is 1. The fourth-order valence-electron chi connectivity index (χ4n) is 2.56. The molecule has 2 atom stereocenters. The summed E-state index contributed by atoms with van der Waals surface area (Å²) in [5.41, 5.74) is 0. The van der Waals surface area contributed by atoms with Crippen molar-refractivity contribution in [2.75, 3.05) is 13.1 Å². The highest BCUT2D eigenvalue weighted by Crippen LogP contribution is 2.34. The molecule has 0 spiro atoms. The molecule has 0 saturated heterocycles. The van der Waals surface area contributed by atoms with Gasteiger partial charge in [0.1, 0.15) is 0 Å². The molecule has 1 saturated carbocycles. The number of nitrogens with one attached hydrogen (secondary N) is 1. The highest BCUT2D eigenvalue weighted by molar-refractivity contribution is 4.78. The average Bonchev–Trinajstić information content (AvgIpc) is 2.59. The van der Waals surface area contributed by atoms with E-state index in [0.29, 0.717) is 0 Å². The third-order valence-corrected chi connectivity index (χ3v) is 3.40. The summed E-state index contributed by atoms with van der Waals surface area (Å²) < 4.78 is 0. The molecule has 0 aliphatic heterocycles. The summed E-state index contributed by atoms with van der Waals surface area (Å²) in [6, 6.07) is 0. The van der Waals surface area contributed by atoms with Gasteiger partial charge in [0.05, 0.1) is 0 Å². The minimum Gasteiger partial charge on any atom is -0.317 e. The average molecular weight is 183 g/mol. The quantitative estimate of drug-likeness (QED) is 0.667. The molecule has 0 aromatic heterocycles. The van der Waals surface area contributed by atoms with Gasteiger partial charge < -0.3 is 5.32 Å². The Bertz CT molecular complexity index is 108. The minimum atomic E-state index is 0.992. The predicted octanol–water partition coefficient (Wildman–Crippen LogP) is 3.20. The van der Waals surface area contributed by atoms with Crippen molar-refractivity contribution < 1.29 is 0 Å². The van der Waals surface area contributed by atoms with Crippen LogP contribution in [0.15, 0.2) is 0 Å². The van der Waals surface area contributed by atoms with Crippen LogP contribution in [-0.4, -0.2) is 13.1 Å². The van der Waals surface area contributed by atoms with Crippen LogP contribution in [0, 0.1) is 11.8 Å². The van der Waals surface area contributed by atoms with Gasteiger partial charge in [-0.05, 0) is 31.3 Å². The second-order valence-electron chi connectivity index (χ2n) is 4.40.